The Kier molecular flexibility index (Phi) is 3.99. The van der Waals surface area contributed by atoms with Crippen LogP contribution in [0.2, 0.25) is 0 Å². The highest BCUT2D eigenvalue weighted by Gasteiger charge is 2.27. The van der Waals surface area contributed by atoms with Crippen molar-refractivity contribution in [3.63, 3.8) is 0 Å². The lowest BCUT2D eigenvalue weighted by Gasteiger charge is -2.17. The Morgan fingerprint density at radius 2 is 2.33 bits per heavy atom. The fourth-order valence-corrected chi connectivity index (χ4v) is 3.37. The van der Waals surface area contributed by atoms with Crippen molar-refractivity contribution in [1.29, 1.82) is 0 Å². The Bertz CT molecular complexity index is 709. The minimum Gasteiger partial charge on any atom is -0.494 e. The molecular weight excluding hydrogens is 291 g/mol. The highest BCUT2D eigenvalue weighted by molar-refractivity contribution is 7.71. The van der Waals surface area contributed by atoms with Gasteiger partial charge in [-0.25, -0.2) is 4.39 Å². The normalized spacial score (nSPS) is 22.0. The van der Waals surface area contributed by atoms with E-state index in [0.717, 1.165) is 31.5 Å². The van der Waals surface area contributed by atoms with Crippen molar-refractivity contribution in [2.24, 2.45) is 5.92 Å². The van der Waals surface area contributed by atoms with Crippen molar-refractivity contribution in [1.82, 2.24) is 9.55 Å². The maximum atomic E-state index is 13.8. The summed E-state index contributed by atoms with van der Waals surface area (Å²) in [6.45, 7) is 3.72. The number of halogens is 1. The van der Waals surface area contributed by atoms with Crippen molar-refractivity contribution < 1.29 is 13.9 Å². The predicted molar refractivity (Wildman–Crippen MR) is 81.8 cm³/mol. The third kappa shape index (κ3) is 2.58. The summed E-state index contributed by atoms with van der Waals surface area (Å²) in [5, 5.41) is 0. The Labute approximate surface area is 127 Å². The van der Waals surface area contributed by atoms with Gasteiger partial charge in [0.1, 0.15) is 0 Å². The lowest BCUT2D eigenvalue weighted by Crippen LogP contribution is -2.20. The number of imidazole rings is 1. The van der Waals surface area contributed by atoms with Gasteiger partial charge in [-0.05, 0) is 25.1 Å². The van der Waals surface area contributed by atoms with E-state index >= 15 is 0 Å². The van der Waals surface area contributed by atoms with Gasteiger partial charge in [0, 0.05) is 31.2 Å². The molecule has 0 saturated carbocycles. The molecule has 2 heterocycles. The second-order valence-electron chi connectivity index (χ2n) is 5.41. The van der Waals surface area contributed by atoms with Crippen molar-refractivity contribution in [2.75, 3.05) is 13.7 Å². The number of hydrogen-bond acceptors (Lipinski definition) is 3. The minimum atomic E-state index is -0.385. The zero-order valence-electron chi connectivity index (χ0n) is 12.2. The maximum Gasteiger partial charge on any atom is 0.178 e. The lowest BCUT2D eigenvalue weighted by molar-refractivity contribution is 0.0837. The molecule has 2 aromatic rings. The molecule has 6 heteroatoms. The van der Waals surface area contributed by atoms with Gasteiger partial charge in [0.25, 0.3) is 0 Å². The van der Waals surface area contributed by atoms with Crippen LogP contribution in [0.3, 0.4) is 0 Å². The summed E-state index contributed by atoms with van der Waals surface area (Å²) in [5.41, 5.74) is 1.57. The summed E-state index contributed by atoms with van der Waals surface area (Å²) in [6, 6.07) is 3.14. The molecule has 1 saturated heterocycles. The average Bonchev–Trinajstić information content (AvgIpc) is 3.03. The second-order valence-corrected chi connectivity index (χ2v) is 5.80. The highest BCUT2D eigenvalue weighted by Crippen LogP contribution is 2.29. The van der Waals surface area contributed by atoms with Crippen LogP contribution in [0.1, 0.15) is 19.8 Å². The first kappa shape index (κ1) is 14.5. The summed E-state index contributed by atoms with van der Waals surface area (Å²) in [7, 11) is 1.47. The number of methoxy groups -OCH3 is 1. The molecule has 1 aliphatic rings. The van der Waals surface area contributed by atoms with E-state index in [1.54, 1.807) is 6.07 Å². The lowest BCUT2D eigenvalue weighted by atomic mass is 9.99. The van der Waals surface area contributed by atoms with Crippen LogP contribution in [-0.4, -0.2) is 29.4 Å². The molecule has 21 heavy (non-hydrogen) atoms. The molecule has 0 bridgehead atoms. The number of nitrogens with one attached hydrogen (secondary N) is 1. The summed E-state index contributed by atoms with van der Waals surface area (Å²) in [6.07, 6.45) is 2.31. The van der Waals surface area contributed by atoms with Crippen LogP contribution in [0.25, 0.3) is 11.0 Å². The number of rotatable bonds is 4. The number of H-pyrrole nitrogens is 1. The molecule has 0 aliphatic carbocycles. The van der Waals surface area contributed by atoms with Crippen LogP contribution in [0, 0.1) is 16.5 Å². The van der Waals surface area contributed by atoms with Gasteiger partial charge in [0.05, 0.1) is 24.2 Å². The van der Waals surface area contributed by atoms with E-state index in [4.69, 9.17) is 21.7 Å². The molecule has 1 aromatic carbocycles. The Morgan fingerprint density at radius 3 is 3.05 bits per heavy atom. The van der Waals surface area contributed by atoms with Crippen molar-refractivity contribution in [2.45, 2.75) is 32.4 Å². The summed E-state index contributed by atoms with van der Waals surface area (Å²) in [5.74, 6) is 0.292. The third-order valence-electron chi connectivity index (χ3n) is 4.21. The minimum absolute atomic E-state index is 0.236. The fraction of sp³-hybridized carbons (Fsp3) is 0.533. The Hall–Kier alpha value is -1.40. The average molecular weight is 310 g/mol. The zero-order chi connectivity index (χ0) is 15.0. The van der Waals surface area contributed by atoms with E-state index in [9.17, 15) is 4.39 Å². The molecule has 3 rings (SSSR count). The van der Waals surface area contributed by atoms with E-state index in [1.165, 1.54) is 13.2 Å². The number of nitrogens with zero attached hydrogens (tertiary/aromatic N) is 1. The molecule has 0 amide bonds. The SMILES string of the molecule is CCC1OCCC1Cn1c(=S)[nH]c2cc(F)c(OC)cc21. The quantitative estimate of drug-likeness (QED) is 0.876. The molecule has 2 unspecified atom stereocenters. The van der Waals surface area contributed by atoms with Crippen LogP contribution in [-0.2, 0) is 11.3 Å². The van der Waals surface area contributed by atoms with Crippen LogP contribution in [0.5, 0.6) is 5.75 Å². The molecule has 114 valence electrons. The molecule has 1 fully saturated rings. The number of fused-ring (bicyclic) bond motifs is 1. The van der Waals surface area contributed by atoms with Crippen molar-refractivity contribution in [3.8, 4) is 5.75 Å². The molecule has 1 N–H and O–H groups in total. The first-order valence-electron chi connectivity index (χ1n) is 7.21. The van der Waals surface area contributed by atoms with Crippen LogP contribution < -0.4 is 4.74 Å². The van der Waals surface area contributed by atoms with Gasteiger partial charge in [-0.15, -0.1) is 0 Å². The van der Waals surface area contributed by atoms with E-state index < -0.39 is 0 Å². The van der Waals surface area contributed by atoms with Crippen LogP contribution in [0.15, 0.2) is 12.1 Å². The predicted octanol–water partition coefficient (Wildman–Crippen LogP) is 3.66. The monoisotopic (exact) mass is 310 g/mol. The third-order valence-corrected chi connectivity index (χ3v) is 4.54. The van der Waals surface area contributed by atoms with Gasteiger partial charge in [-0.3, -0.25) is 0 Å². The summed E-state index contributed by atoms with van der Waals surface area (Å²) in [4.78, 5) is 3.07. The van der Waals surface area contributed by atoms with Gasteiger partial charge in [0.2, 0.25) is 0 Å². The second kappa shape index (κ2) is 5.77. The number of aromatic nitrogens is 2. The van der Waals surface area contributed by atoms with Crippen molar-refractivity contribution in [3.05, 3.63) is 22.7 Å². The van der Waals surface area contributed by atoms with Gasteiger partial charge >= 0.3 is 0 Å². The van der Waals surface area contributed by atoms with Gasteiger partial charge in [-0.2, -0.15) is 0 Å². The van der Waals surface area contributed by atoms with Gasteiger partial charge in [0.15, 0.2) is 16.3 Å². The summed E-state index contributed by atoms with van der Waals surface area (Å²) >= 11 is 5.39. The fourth-order valence-electron chi connectivity index (χ4n) is 3.08. The van der Waals surface area contributed by atoms with Crippen molar-refractivity contribution >= 4 is 23.3 Å². The number of benzene rings is 1. The van der Waals surface area contributed by atoms with Crippen LogP contribution >= 0.6 is 12.2 Å². The summed E-state index contributed by atoms with van der Waals surface area (Å²) < 4.78 is 27.2. The largest absolute Gasteiger partial charge is 0.494 e. The standard InChI is InChI=1S/C15H19FN2O2S/c1-3-13-9(4-5-20-13)8-18-12-7-14(19-2)10(16)6-11(12)17-15(18)21/h6-7,9,13H,3-5,8H2,1-2H3,(H,17,21). The van der Waals surface area contributed by atoms with Gasteiger partial charge in [-0.1, -0.05) is 6.92 Å². The van der Waals surface area contributed by atoms with Crippen LogP contribution in [0.4, 0.5) is 4.39 Å². The molecule has 4 nitrogen and oxygen atoms in total. The zero-order valence-corrected chi connectivity index (χ0v) is 13.0. The molecule has 0 spiro atoms. The van der Waals surface area contributed by atoms with Gasteiger partial charge < -0.3 is 19.0 Å². The van der Waals surface area contributed by atoms with E-state index in [0.29, 0.717) is 16.2 Å². The number of hydrogen-bond donors (Lipinski definition) is 1. The first-order valence-corrected chi connectivity index (χ1v) is 7.62. The molecule has 2 atom stereocenters. The first-order chi connectivity index (χ1) is 10.1. The number of ether oxygens (including phenoxy) is 2. The van der Waals surface area contributed by atoms with E-state index in [-0.39, 0.29) is 17.7 Å². The Balaban J connectivity index is 2.01. The Morgan fingerprint density at radius 1 is 1.52 bits per heavy atom. The highest BCUT2D eigenvalue weighted by atomic mass is 32.1. The van der Waals surface area contributed by atoms with E-state index in [1.807, 2.05) is 4.57 Å². The molecular formula is C15H19FN2O2S. The molecule has 0 radical (unpaired) electrons. The molecule has 1 aromatic heterocycles. The number of aromatic amines is 1. The maximum absolute atomic E-state index is 13.8. The smallest absolute Gasteiger partial charge is 0.178 e. The topological polar surface area (TPSA) is 39.2 Å². The molecule has 1 aliphatic heterocycles. The van der Waals surface area contributed by atoms with E-state index in [2.05, 4.69) is 11.9 Å².